The lowest BCUT2D eigenvalue weighted by Gasteiger charge is -2.43. The zero-order valence-electron chi connectivity index (χ0n) is 19.4. The van der Waals surface area contributed by atoms with Gasteiger partial charge >= 0.3 is 0 Å². The maximum Gasteiger partial charge on any atom is 0.258 e. The van der Waals surface area contributed by atoms with Crippen LogP contribution in [-0.4, -0.2) is 61.3 Å². The van der Waals surface area contributed by atoms with Gasteiger partial charge in [0.2, 0.25) is 0 Å². The van der Waals surface area contributed by atoms with Crippen LogP contribution in [0.2, 0.25) is 25.7 Å². The molecule has 3 heterocycles. The van der Waals surface area contributed by atoms with E-state index >= 15 is 0 Å². The number of pyridine rings is 1. The molecule has 0 bridgehead atoms. The summed E-state index contributed by atoms with van der Waals surface area (Å²) in [5.41, 5.74) is 8.56. The van der Waals surface area contributed by atoms with Crippen LogP contribution < -0.4 is 10.6 Å². The van der Waals surface area contributed by atoms with Gasteiger partial charge in [-0.2, -0.15) is 0 Å². The summed E-state index contributed by atoms with van der Waals surface area (Å²) in [4.78, 5) is 21.8. The fraction of sp³-hybridized carbons (Fsp3) is 0.652. The molecule has 0 spiro atoms. The molecule has 7 nitrogen and oxygen atoms in total. The Morgan fingerprint density at radius 3 is 2.65 bits per heavy atom. The SMILES string of the molecule is CN1CN(C2CCC(CN)CC2)c2c(cnc3c2ccn3COCC[Si](C)(C)C)C1=O. The van der Waals surface area contributed by atoms with Gasteiger partial charge in [0.1, 0.15) is 12.4 Å². The van der Waals surface area contributed by atoms with Crippen molar-refractivity contribution in [1.29, 1.82) is 0 Å². The minimum atomic E-state index is -1.11. The molecule has 0 radical (unpaired) electrons. The third-order valence-corrected chi connectivity index (χ3v) is 8.51. The van der Waals surface area contributed by atoms with Crippen LogP contribution in [-0.2, 0) is 11.5 Å². The minimum Gasteiger partial charge on any atom is -0.361 e. The average molecular weight is 444 g/mol. The Hall–Kier alpha value is -1.90. The number of carbonyl (C=O) groups is 1. The van der Waals surface area contributed by atoms with Gasteiger partial charge in [-0.25, -0.2) is 4.98 Å². The second kappa shape index (κ2) is 8.92. The maximum absolute atomic E-state index is 12.9. The molecule has 1 aliphatic carbocycles. The van der Waals surface area contributed by atoms with Crippen molar-refractivity contribution >= 4 is 30.7 Å². The summed E-state index contributed by atoms with van der Waals surface area (Å²) in [5, 5.41) is 1.05. The van der Waals surface area contributed by atoms with E-state index < -0.39 is 8.07 Å². The largest absolute Gasteiger partial charge is 0.361 e. The van der Waals surface area contributed by atoms with Crippen LogP contribution in [0.15, 0.2) is 18.5 Å². The molecule has 2 aromatic heterocycles. The summed E-state index contributed by atoms with van der Waals surface area (Å²) in [6.45, 7) is 9.75. The first-order valence-corrected chi connectivity index (χ1v) is 15.3. The molecule has 0 aromatic carbocycles. The van der Waals surface area contributed by atoms with E-state index in [1.54, 1.807) is 11.1 Å². The Bertz CT molecular complexity index is 930. The van der Waals surface area contributed by atoms with Crippen molar-refractivity contribution in [3.05, 3.63) is 24.0 Å². The fourth-order valence-corrected chi connectivity index (χ4v) is 5.55. The van der Waals surface area contributed by atoms with Crippen molar-refractivity contribution in [2.24, 2.45) is 11.7 Å². The zero-order chi connectivity index (χ0) is 22.2. The average Bonchev–Trinajstić information content (AvgIpc) is 3.16. The monoisotopic (exact) mass is 443 g/mol. The Morgan fingerprint density at radius 2 is 1.97 bits per heavy atom. The van der Waals surface area contributed by atoms with Gasteiger partial charge < -0.3 is 24.8 Å². The lowest BCUT2D eigenvalue weighted by Crippen LogP contribution is -2.50. The number of anilines is 1. The second-order valence-corrected chi connectivity index (χ2v) is 16.0. The highest BCUT2D eigenvalue weighted by molar-refractivity contribution is 6.76. The summed E-state index contributed by atoms with van der Waals surface area (Å²) in [6, 6.07) is 3.67. The first-order chi connectivity index (χ1) is 14.8. The van der Waals surface area contributed by atoms with Crippen molar-refractivity contribution in [3.63, 3.8) is 0 Å². The topological polar surface area (TPSA) is 76.6 Å². The highest BCUT2D eigenvalue weighted by Crippen LogP contribution is 2.39. The Morgan fingerprint density at radius 1 is 1.23 bits per heavy atom. The summed E-state index contributed by atoms with van der Waals surface area (Å²) in [6.07, 6.45) is 8.35. The molecular formula is C23H37N5O2Si. The van der Waals surface area contributed by atoms with Gasteiger partial charge in [0.05, 0.1) is 17.9 Å². The van der Waals surface area contributed by atoms with Gasteiger partial charge in [-0.3, -0.25) is 4.79 Å². The molecule has 1 aliphatic heterocycles. The van der Waals surface area contributed by atoms with E-state index in [1.807, 2.05) is 13.2 Å². The van der Waals surface area contributed by atoms with Gasteiger partial charge in [0.25, 0.3) is 5.91 Å². The molecular weight excluding hydrogens is 406 g/mol. The van der Waals surface area contributed by atoms with Crippen molar-refractivity contribution in [3.8, 4) is 0 Å². The van der Waals surface area contributed by atoms with E-state index in [0.717, 1.165) is 61.6 Å². The quantitative estimate of drug-likeness (QED) is 0.521. The summed E-state index contributed by atoms with van der Waals surface area (Å²) in [7, 11) is 0.771. The number of fused-ring (bicyclic) bond motifs is 3. The Balaban J connectivity index is 1.61. The molecule has 8 heteroatoms. The lowest BCUT2D eigenvalue weighted by atomic mass is 9.85. The molecule has 1 amide bonds. The van der Waals surface area contributed by atoms with Gasteiger partial charge in [-0.1, -0.05) is 19.6 Å². The molecule has 2 N–H and O–H groups in total. The Labute approximate surface area is 186 Å². The molecule has 0 saturated heterocycles. The minimum absolute atomic E-state index is 0.0513. The van der Waals surface area contributed by atoms with E-state index in [9.17, 15) is 4.79 Å². The third-order valence-electron chi connectivity index (χ3n) is 6.81. The molecule has 31 heavy (non-hydrogen) atoms. The normalized spacial score (nSPS) is 22.3. The second-order valence-electron chi connectivity index (χ2n) is 10.4. The number of ether oxygens (including phenoxy) is 1. The van der Waals surface area contributed by atoms with Crippen molar-refractivity contribution in [2.45, 2.75) is 64.1 Å². The van der Waals surface area contributed by atoms with Crippen molar-refractivity contribution in [2.75, 3.05) is 31.8 Å². The van der Waals surface area contributed by atoms with Crippen LogP contribution in [0.4, 0.5) is 5.69 Å². The fourth-order valence-electron chi connectivity index (χ4n) is 4.80. The maximum atomic E-state index is 12.9. The lowest BCUT2D eigenvalue weighted by molar-refractivity contribution is 0.0774. The highest BCUT2D eigenvalue weighted by atomic mass is 28.3. The predicted octanol–water partition coefficient (Wildman–Crippen LogP) is 3.72. The molecule has 1 fully saturated rings. The van der Waals surface area contributed by atoms with Gasteiger partial charge in [-0.15, -0.1) is 0 Å². The first-order valence-electron chi connectivity index (χ1n) is 11.6. The number of hydrogen-bond acceptors (Lipinski definition) is 5. The smallest absolute Gasteiger partial charge is 0.258 e. The van der Waals surface area contributed by atoms with Crippen LogP contribution in [0.25, 0.3) is 11.0 Å². The molecule has 0 atom stereocenters. The molecule has 4 rings (SSSR count). The highest BCUT2D eigenvalue weighted by Gasteiger charge is 2.35. The van der Waals surface area contributed by atoms with Crippen LogP contribution >= 0.6 is 0 Å². The van der Waals surface area contributed by atoms with Gasteiger partial charge in [0.15, 0.2) is 0 Å². The first kappa shape index (κ1) is 22.3. The van der Waals surface area contributed by atoms with E-state index in [0.29, 0.717) is 30.9 Å². The van der Waals surface area contributed by atoms with E-state index in [4.69, 9.17) is 10.5 Å². The number of nitrogens with two attached hydrogens (primary N) is 1. The van der Waals surface area contributed by atoms with Crippen molar-refractivity contribution < 1.29 is 9.53 Å². The Kier molecular flexibility index (Phi) is 6.41. The van der Waals surface area contributed by atoms with E-state index in [1.165, 1.54) is 0 Å². The summed E-state index contributed by atoms with van der Waals surface area (Å²) in [5.74, 6) is 0.683. The number of carbonyl (C=O) groups excluding carboxylic acids is 1. The zero-order valence-corrected chi connectivity index (χ0v) is 20.4. The number of aromatic nitrogens is 2. The number of hydrogen-bond donors (Lipinski definition) is 1. The van der Waals surface area contributed by atoms with Crippen LogP contribution in [0, 0.1) is 5.92 Å². The van der Waals surface area contributed by atoms with E-state index in [2.05, 4.69) is 40.2 Å². The van der Waals surface area contributed by atoms with Crippen molar-refractivity contribution in [1.82, 2.24) is 14.5 Å². The standard InChI is InChI=1S/C23H37N5O2Si/c1-26-15-28(18-7-5-17(13-24)6-8-18)21-19-9-10-27(16-30-11-12-31(2,3)4)22(19)25-14-20(21)23(26)29/h9-10,14,17-18H,5-8,11-13,15-16,24H2,1-4H3. The predicted molar refractivity (Wildman–Crippen MR) is 128 cm³/mol. The third kappa shape index (κ3) is 4.66. The molecule has 1 saturated carbocycles. The number of amides is 1. The summed E-state index contributed by atoms with van der Waals surface area (Å²) >= 11 is 0. The molecule has 170 valence electrons. The van der Waals surface area contributed by atoms with Gasteiger partial charge in [0, 0.05) is 45.6 Å². The van der Waals surface area contributed by atoms with Crippen LogP contribution in [0.5, 0.6) is 0 Å². The van der Waals surface area contributed by atoms with E-state index in [-0.39, 0.29) is 5.91 Å². The molecule has 0 unspecified atom stereocenters. The number of rotatable bonds is 7. The summed E-state index contributed by atoms with van der Waals surface area (Å²) < 4.78 is 8.03. The molecule has 2 aliphatic rings. The number of nitrogens with zero attached hydrogens (tertiary/aromatic N) is 4. The van der Waals surface area contributed by atoms with Crippen LogP contribution in [0.1, 0.15) is 36.0 Å². The molecule has 2 aromatic rings. The van der Waals surface area contributed by atoms with Crippen LogP contribution in [0.3, 0.4) is 0 Å². The van der Waals surface area contributed by atoms with Gasteiger partial charge in [-0.05, 0) is 50.3 Å².